The molecule has 2 aromatic rings. The second-order valence-electron chi connectivity index (χ2n) is 4.88. The molecule has 0 aliphatic heterocycles. The summed E-state index contributed by atoms with van der Waals surface area (Å²) in [5.74, 6) is 0.576. The minimum Gasteiger partial charge on any atom is -0.497 e. The van der Waals surface area contributed by atoms with E-state index in [0.717, 1.165) is 4.88 Å². The SMILES string of the molecule is COC(=O)C[C@@H](NC(=O)COc1ccc(OC)cc1)c1cccs1. The fourth-order valence-corrected chi connectivity index (χ4v) is 2.80. The Labute approximate surface area is 144 Å². The van der Waals surface area contributed by atoms with E-state index in [0.29, 0.717) is 11.5 Å². The number of benzene rings is 1. The van der Waals surface area contributed by atoms with Crippen LogP contribution in [0.25, 0.3) is 0 Å². The first-order chi connectivity index (χ1) is 11.6. The standard InChI is InChI=1S/C17H19NO5S/c1-21-12-5-7-13(8-6-12)23-11-16(19)18-14(10-17(20)22-2)15-4-3-9-24-15/h3-9,14H,10-11H2,1-2H3,(H,18,19)/t14-/m1/s1. The van der Waals surface area contributed by atoms with Gasteiger partial charge in [0.25, 0.3) is 5.91 Å². The lowest BCUT2D eigenvalue weighted by atomic mass is 10.1. The van der Waals surface area contributed by atoms with Gasteiger partial charge in [-0.25, -0.2) is 0 Å². The van der Waals surface area contributed by atoms with Gasteiger partial charge in [0.2, 0.25) is 0 Å². The Hall–Kier alpha value is -2.54. The van der Waals surface area contributed by atoms with Crippen LogP contribution in [0.15, 0.2) is 41.8 Å². The number of hydrogen-bond acceptors (Lipinski definition) is 6. The topological polar surface area (TPSA) is 73.9 Å². The van der Waals surface area contributed by atoms with Gasteiger partial charge in [0.05, 0.1) is 26.7 Å². The molecule has 2 rings (SSSR count). The van der Waals surface area contributed by atoms with Crippen molar-refractivity contribution in [2.45, 2.75) is 12.5 Å². The number of carbonyl (C=O) groups is 2. The van der Waals surface area contributed by atoms with Crippen LogP contribution in [-0.2, 0) is 14.3 Å². The molecule has 0 aliphatic carbocycles. The largest absolute Gasteiger partial charge is 0.497 e. The molecule has 1 heterocycles. The zero-order chi connectivity index (χ0) is 17.4. The van der Waals surface area contributed by atoms with Gasteiger partial charge in [0, 0.05) is 4.88 Å². The van der Waals surface area contributed by atoms with Crippen LogP contribution in [0.4, 0.5) is 0 Å². The van der Waals surface area contributed by atoms with Crippen LogP contribution in [0.5, 0.6) is 11.5 Å². The summed E-state index contributed by atoms with van der Waals surface area (Å²) < 4.78 is 15.2. The number of nitrogens with one attached hydrogen (secondary N) is 1. The quantitative estimate of drug-likeness (QED) is 0.742. The first-order valence-electron chi connectivity index (χ1n) is 7.29. The third-order valence-electron chi connectivity index (χ3n) is 3.25. The Morgan fingerprint density at radius 3 is 2.42 bits per heavy atom. The molecule has 0 saturated carbocycles. The first kappa shape index (κ1) is 17.8. The number of esters is 1. The highest BCUT2D eigenvalue weighted by Gasteiger charge is 2.20. The minimum absolute atomic E-state index is 0.0747. The molecule has 0 unspecified atom stereocenters. The first-order valence-corrected chi connectivity index (χ1v) is 8.16. The normalized spacial score (nSPS) is 11.4. The van der Waals surface area contributed by atoms with Crippen molar-refractivity contribution in [1.82, 2.24) is 5.32 Å². The molecule has 0 aliphatic rings. The molecule has 6 nitrogen and oxygen atoms in total. The molecule has 7 heteroatoms. The zero-order valence-corrected chi connectivity index (χ0v) is 14.3. The summed E-state index contributed by atoms with van der Waals surface area (Å²) in [6.45, 7) is -0.143. The van der Waals surface area contributed by atoms with Crippen molar-refractivity contribution in [3.8, 4) is 11.5 Å². The van der Waals surface area contributed by atoms with E-state index < -0.39 is 6.04 Å². The molecule has 128 valence electrons. The summed E-state index contributed by atoms with van der Waals surface area (Å²) in [6, 6.07) is 10.2. The van der Waals surface area contributed by atoms with Crippen LogP contribution < -0.4 is 14.8 Å². The highest BCUT2D eigenvalue weighted by molar-refractivity contribution is 7.10. The van der Waals surface area contributed by atoms with Crippen LogP contribution in [0.3, 0.4) is 0 Å². The molecular formula is C17H19NO5S. The maximum atomic E-state index is 12.1. The lowest BCUT2D eigenvalue weighted by molar-refractivity contribution is -0.141. The van der Waals surface area contributed by atoms with Crippen molar-refractivity contribution in [3.63, 3.8) is 0 Å². The van der Waals surface area contributed by atoms with Crippen LogP contribution >= 0.6 is 11.3 Å². The summed E-state index contributed by atoms with van der Waals surface area (Å²) in [6.07, 6.45) is 0.0747. The van der Waals surface area contributed by atoms with E-state index in [1.165, 1.54) is 18.4 Å². The van der Waals surface area contributed by atoms with Crippen molar-refractivity contribution >= 4 is 23.2 Å². The van der Waals surface area contributed by atoms with Gasteiger partial charge in [-0.15, -0.1) is 11.3 Å². The van der Waals surface area contributed by atoms with Crippen molar-refractivity contribution < 1.29 is 23.8 Å². The lowest BCUT2D eigenvalue weighted by Gasteiger charge is -2.16. The van der Waals surface area contributed by atoms with Crippen molar-refractivity contribution in [1.29, 1.82) is 0 Å². The predicted octanol–water partition coefficient (Wildman–Crippen LogP) is 2.56. The average Bonchev–Trinajstić information content (AvgIpc) is 3.14. The lowest BCUT2D eigenvalue weighted by Crippen LogP contribution is -2.33. The Morgan fingerprint density at radius 1 is 1.12 bits per heavy atom. The number of ether oxygens (including phenoxy) is 3. The van der Waals surface area contributed by atoms with Gasteiger partial charge in [-0.1, -0.05) is 6.07 Å². The van der Waals surface area contributed by atoms with Crippen LogP contribution in [0, 0.1) is 0 Å². The molecular weight excluding hydrogens is 330 g/mol. The Balaban J connectivity index is 1.90. The van der Waals surface area contributed by atoms with E-state index in [9.17, 15) is 9.59 Å². The zero-order valence-electron chi connectivity index (χ0n) is 13.5. The van der Waals surface area contributed by atoms with Gasteiger partial charge in [0.1, 0.15) is 11.5 Å². The maximum absolute atomic E-state index is 12.1. The average molecular weight is 349 g/mol. The summed E-state index contributed by atoms with van der Waals surface area (Å²) in [7, 11) is 2.90. The Morgan fingerprint density at radius 2 is 1.83 bits per heavy atom. The van der Waals surface area contributed by atoms with Gasteiger partial charge < -0.3 is 19.5 Å². The number of hydrogen-bond donors (Lipinski definition) is 1. The summed E-state index contributed by atoms with van der Waals surface area (Å²) in [4.78, 5) is 24.5. The number of methoxy groups -OCH3 is 2. The van der Waals surface area contributed by atoms with E-state index in [-0.39, 0.29) is 24.9 Å². The van der Waals surface area contributed by atoms with E-state index in [1.54, 1.807) is 31.4 Å². The number of rotatable bonds is 8. The Bertz CT molecular complexity index is 654. The number of thiophene rings is 1. The summed E-state index contributed by atoms with van der Waals surface area (Å²) in [5, 5.41) is 4.69. The molecule has 0 radical (unpaired) electrons. The molecule has 0 saturated heterocycles. The smallest absolute Gasteiger partial charge is 0.307 e. The summed E-state index contributed by atoms with van der Waals surface area (Å²) in [5.41, 5.74) is 0. The van der Waals surface area contributed by atoms with Gasteiger partial charge in [0.15, 0.2) is 6.61 Å². The van der Waals surface area contributed by atoms with Crippen LogP contribution in [0.2, 0.25) is 0 Å². The van der Waals surface area contributed by atoms with Crippen molar-refractivity contribution in [2.75, 3.05) is 20.8 Å². The second-order valence-corrected chi connectivity index (χ2v) is 5.86. The Kier molecular flexibility index (Phi) is 6.62. The highest BCUT2D eigenvalue weighted by Crippen LogP contribution is 2.22. The highest BCUT2D eigenvalue weighted by atomic mass is 32.1. The fraction of sp³-hybridized carbons (Fsp3) is 0.294. The molecule has 1 N–H and O–H groups in total. The van der Waals surface area contributed by atoms with Gasteiger partial charge in [-0.05, 0) is 35.7 Å². The van der Waals surface area contributed by atoms with Gasteiger partial charge in [-0.3, -0.25) is 9.59 Å². The van der Waals surface area contributed by atoms with E-state index in [2.05, 4.69) is 10.1 Å². The second kappa shape index (κ2) is 8.93. The predicted molar refractivity (Wildman–Crippen MR) is 90.3 cm³/mol. The maximum Gasteiger partial charge on any atom is 0.307 e. The number of amides is 1. The van der Waals surface area contributed by atoms with Crippen LogP contribution in [0.1, 0.15) is 17.3 Å². The molecule has 1 atom stereocenters. The molecule has 1 aromatic heterocycles. The van der Waals surface area contributed by atoms with Gasteiger partial charge in [-0.2, -0.15) is 0 Å². The molecule has 0 bridgehead atoms. The van der Waals surface area contributed by atoms with Gasteiger partial charge >= 0.3 is 5.97 Å². The molecule has 1 aromatic carbocycles. The molecule has 0 fully saturated rings. The molecule has 0 spiro atoms. The van der Waals surface area contributed by atoms with Crippen LogP contribution in [-0.4, -0.2) is 32.7 Å². The van der Waals surface area contributed by atoms with Crippen molar-refractivity contribution in [3.05, 3.63) is 46.7 Å². The van der Waals surface area contributed by atoms with E-state index in [4.69, 9.17) is 9.47 Å². The third kappa shape index (κ3) is 5.27. The number of carbonyl (C=O) groups excluding carboxylic acids is 2. The monoisotopic (exact) mass is 349 g/mol. The molecule has 24 heavy (non-hydrogen) atoms. The fourth-order valence-electron chi connectivity index (χ4n) is 2.02. The third-order valence-corrected chi connectivity index (χ3v) is 4.24. The van der Waals surface area contributed by atoms with E-state index in [1.807, 2.05) is 17.5 Å². The van der Waals surface area contributed by atoms with Crippen molar-refractivity contribution in [2.24, 2.45) is 0 Å². The van der Waals surface area contributed by atoms with E-state index >= 15 is 0 Å². The summed E-state index contributed by atoms with van der Waals surface area (Å²) >= 11 is 1.47. The molecule has 1 amide bonds. The minimum atomic E-state index is -0.426.